The average molecular weight is 402 g/mol. The second-order valence-electron chi connectivity index (χ2n) is 8.66. The van der Waals surface area contributed by atoms with Crippen molar-refractivity contribution < 1.29 is 9.47 Å². The van der Waals surface area contributed by atoms with Crippen LogP contribution in [0.3, 0.4) is 0 Å². The number of nitrogens with zero attached hydrogens (tertiary/aromatic N) is 1. The summed E-state index contributed by atoms with van der Waals surface area (Å²) in [6.45, 7) is 6.83. The quantitative estimate of drug-likeness (QED) is 0.461. The Labute approximate surface area is 180 Å². The van der Waals surface area contributed by atoms with Crippen LogP contribution >= 0.6 is 0 Å². The van der Waals surface area contributed by atoms with Crippen molar-refractivity contribution in [3.63, 3.8) is 0 Å². The summed E-state index contributed by atoms with van der Waals surface area (Å²) in [4.78, 5) is 2.28. The maximum atomic E-state index is 5.73. The first-order chi connectivity index (χ1) is 14.4. The van der Waals surface area contributed by atoms with Gasteiger partial charge in [0.1, 0.15) is 11.5 Å². The van der Waals surface area contributed by atoms with Gasteiger partial charge >= 0.3 is 0 Å². The van der Waals surface area contributed by atoms with E-state index in [0.717, 1.165) is 47.8 Å². The molecule has 0 unspecified atom stereocenters. The Morgan fingerprint density at radius 3 is 2.20 bits per heavy atom. The molecule has 2 aliphatic rings. The first kappa shape index (κ1) is 20.3. The minimum Gasteiger partial charge on any atom is -0.497 e. The number of aryl methyl sites for hydroxylation is 2. The predicted octanol–water partition coefficient (Wildman–Crippen LogP) is 6.96. The highest BCUT2D eigenvalue weighted by Gasteiger charge is 2.21. The summed E-state index contributed by atoms with van der Waals surface area (Å²) in [6, 6.07) is 22.0. The van der Waals surface area contributed by atoms with E-state index in [1.54, 1.807) is 14.2 Å². The molecule has 3 heteroatoms. The van der Waals surface area contributed by atoms with Crippen LogP contribution in [0.15, 0.2) is 60.7 Å². The van der Waals surface area contributed by atoms with Crippen molar-refractivity contribution in [2.45, 2.75) is 45.4 Å². The van der Waals surface area contributed by atoms with Crippen molar-refractivity contribution in [3.05, 3.63) is 77.4 Å². The van der Waals surface area contributed by atoms with Gasteiger partial charge in [-0.2, -0.15) is 0 Å². The van der Waals surface area contributed by atoms with Crippen LogP contribution in [-0.4, -0.2) is 14.2 Å². The molecule has 0 aromatic heterocycles. The molecule has 0 aliphatic carbocycles. The molecule has 0 saturated heterocycles. The molecule has 3 nitrogen and oxygen atoms in total. The maximum Gasteiger partial charge on any atom is 0.124 e. The van der Waals surface area contributed by atoms with Gasteiger partial charge in [-0.1, -0.05) is 39.0 Å². The van der Waals surface area contributed by atoms with Gasteiger partial charge in [0.2, 0.25) is 0 Å². The summed E-state index contributed by atoms with van der Waals surface area (Å²) in [7, 11) is 3.49. The zero-order valence-electron chi connectivity index (χ0n) is 18.7. The lowest BCUT2D eigenvalue weighted by molar-refractivity contribution is 0.409. The lowest BCUT2D eigenvalue weighted by Crippen LogP contribution is -2.16. The van der Waals surface area contributed by atoms with Gasteiger partial charge in [-0.05, 0) is 71.7 Å². The van der Waals surface area contributed by atoms with E-state index in [1.807, 2.05) is 0 Å². The van der Waals surface area contributed by atoms with E-state index in [4.69, 9.17) is 9.47 Å². The van der Waals surface area contributed by atoms with Gasteiger partial charge in [0.25, 0.3) is 0 Å². The summed E-state index contributed by atoms with van der Waals surface area (Å²) in [5.74, 6) is 1.83. The van der Waals surface area contributed by atoms with Crippen LogP contribution in [0, 0.1) is 0 Å². The molecule has 0 amide bonds. The van der Waals surface area contributed by atoms with E-state index in [0.29, 0.717) is 0 Å². The number of rotatable bonds is 5. The molecule has 0 fully saturated rings. The maximum absolute atomic E-state index is 5.73. The standard InChI is InChI=1S/C27H31NO2/c1-6-27(2,3)21-10-13-22(14-11-21)28-23-12-9-20(26(18-23)30-5)8-7-19-15-24(28)17-25(16-19)29-4/h9-18H,6-8H2,1-5H3. The molecule has 4 bridgehead atoms. The zero-order chi connectivity index (χ0) is 21.3. The van der Waals surface area contributed by atoms with E-state index >= 15 is 0 Å². The first-order valence-corrected chi connectivity index (χ1v) is 10.7. The van der Waals surface area contributed by atoms with Crippen molar-refractivity contribution in [1.82, 2.24) is 0 Å². The topological polar surface area (TPSA) is 21.7 Å². The highest BCUT2D eigenvalue weighted by Crippen LogP contribution is 2.41. The number of ether oxygens (including phenoxy) is 2. The van der Waals surface area contributed by atoms with E-state index in [-0.39, 0.29) is 5.41 Å². The molecule has 2 heterocycles. The van der Waals surface area contributed by atoms with E-state index < -0.39 is 0 Å². The van der Waals surface area contributed by atoms with Crippen molar-refractivity contribution >= 4 is 17.1 Å². The molecule has 3 aromatic rings. The molecular weight excluding hydrogens is 370 g/mol. The number of hydrogen-bond donors (Lipinski definition) is 0. The number of anilines is 3. The first-order valence-electron chi connectivity index (χ1n) is 10.7. The van der Waals surface area contributed by atoms with E-state index in [2.05, 4.69) is 86.3 Å². The van der Waals surface area contributed by atoms with Crippen LogP contribution in [0.25, 0.3) is 0 Å². The van der Waals surface area contributed by atoms with Crippen molar-refractivity contribution in [1.29, 1.82) is 0 Å². The summed E-state index contributed by atoms with van der Waals surface area (Å²) in [5, 5.41) is 0. The number of fused-ring (bicyclic) bond motifs is 3. The Bertz CT molecular complexity index is 1040. The van der Waals surface area contributed by atoms with Crippen LogP contribution in [0.5, 0.6) is 11.5 Å². The lowest BCUT2D eigenvalue weighted by atomic mass is 9.82. The molecule has 0 spiro atoms. The third-order valence-corrected chi connectivity index (χ3v) is 6.45. The smallest absolute Gasteiger partial charge is 0.124 e. The molecule has 5 rings (SSSR count). The fraction of sp³-hybridized carbons (Fsp3) is 0.333. The van der Waals surface area contributed by atoms with Crippen molar-refractivity contribution in [3.8, 4) is 11.5 Å². The Hall–Kier alpha value is -2.94. The van der Waals surface area contributed by atoms with Crippen LogP contribution in [0.1, 0.15) is 43.9 Å². The van der Waals surface area contributed by atoms with Gasteiger partial charge in [0.05, 0.1) is 19.9 Å². The molecule has 0 radical (unpaired) electrons. The Balaban J connectivity index is 1.89. The molecular formula is C27H31NO2. The number of methoxy groups -OCH3 is 2. The van der Waals surface area contributed by atoms with Crippen LogP contribution in [0.2, 0.25) is 0 Å². The SMILES string of the molecule is CCC(C)(C)c1ccc(N2c3cc(cc(OC)c3)CCc3ccc2cc3OC)cc1. The van der Waals surface area contributed by atoms with Gasteiger partial charge in [0.15, 0.2) is 0 Å². The minimum atomic E-state index is 0.165. The number of hydrogen-bond acceptors (Lipinski definition) is 3. The van der Waals surface area contributed by atoms with Crippen molar-refractivity contribution in [2.24, 2.45) is 0 Å². The third kappa shape index (κ3) is 3.77. The monoisotopic (exact) mass is 401 g/mol. The normalized spacial score (nSPS) is 13.3. The molecule has 3 aromatic carbocycles. The Kier molecular flexibility index (Phi) is 5.46. The Morgan fingerprint density at radius 1 is 0.800 bits per heavy atom. The summed E-state index contributed by atoms with van der Waals surface area (Å²) in [5.41, 5.74) is 7.32. The summed E-state index contributed by atoms with van der Waals surface area (Å²) in [6.07, 6.45) is 2.99. The summed E-state index contributed by atoms with van der Waals surface area (Å²) >= 11 is 0. The minimum absolute atomic E-state index is 0.165. The van der Waals surface area contributed by atoms with Gasteiger partial charge in [-0.3, -0.25) is 0 Å². The average Bonchev–Trinajstić information content (AvgIpc) is 2.78. The van der Waals surface area contributed by atoms with E-state index in [9.17, 15) is 0 Å². The molecule has 0 N–H and O–H groups in total. The predicted molar refractivity (Wildman–Crippen MR) is 125 cm³/mol. The molecule has 0 saturated carbocycles. The molecule has 30 heavy (non-hydrogen) atoms. The van der Waals surface area contributed by atoms with Gasteiger partial charge < -0.3 is 14.4 Å². The van der Waals surface area contributed by atoms with Gasteiger partial charge in [-0.25, -0.2) is 0 Å². The van der Waals surface area contributed by atoms with Gasteiger partial charge in [0, 0.05) is 23.5 Å². The van der Waals surface area contributed by atoms with Crippen LogP contribution in [-0.2, 0) is 18.3 Å². The largest absolute Gasteiger partial charge is 0.497 e. The number of benzene rings is 3. The van der Waals surface area contributed by atoms with Gasteiger partial charge in [-0.15, -0.1) is 0 Å². The van der Waals surface area contributed by atoms with E-state index in [1.165, 1.54) is 16.7 Å². The summed E-state index contributed by atoms with van der Waals surface area (Å²) < 4.78 is 11.4. The highest BCUT2D eigenvalue weighted by molar-refractivity contribution is 5.79. The second-order valence-corrected chi connectivity index (χ2v) is 8.66. The molecule has 156 valence electrons. The van der Waals surface area contributed by atoms with Crippen LogP contribution < -0.4 is 14.4 Å². The fourth-order valence-electron chi connectivity index (χ4n) is 4.11. The Morgan fingerprint density at radius 2 is 1.53 bits per heavy atom. The van der Waals surface area contributed by atoms with Crippen LogP contribution in [0.4, 0.5) is 17.1 Å². The third-order valence-electron chi connectivity index (χ3n) is 6.45. The molecule has 0 atom stereocenters. The second kappa shape index (κ2) is 8.06. The fourth-order valence-corrected chi connectivity index (χ4v) is 4.11. The zero-order valence-corrected chi connectivity index (χ0v) is 18.7. The molecule has 2 aliphatic heterocycles. The van der Waals surface area contributed by atoms with Crippen molar-refractivity contribution in [2.75, 3.05) is 19.1 Å². The lowest BCUT2D eigenvalue weighted by Gasteiger charge is -2.29. The highest BCUT2D eigenvalue weighted by atomic mass is 16.5.